The van der Waals surface area contributed by atoms with Gasteiger partial charge in [-0.3, -0.25) is 4.99 Å². The topological polar surface area (TPSA) is 21.6 Å². The van der Waals surface area contributed by atoms with Crippen molar-refractivity contribution in [1.29, 1.82) is 0 Å². The molecule has 1 atom stereocenters. The van der Waals surface area contributed by atoms with Crippen LogP contribution < -0.4 is 4.74 Å². The van der Waals surface area contributed by atoms with Crippen LogP contribution in [0.1, 0.15) is 32.8 Å². The van der Waals surface area contributed by atoms with Crippen LogP contribution >= 0.6 is 15.9 Å². The molecule has 1 aliphatic rings. The van der Waals surface area contributed by atoms with Gasteiger partial charge in [-0.25, -0.2) is 0 Å². The Morgan fingerprint density at radius 3 is 2.28 bits per heavy atom. The summed E-state index contributed by atoms with van der Waals surface area (Å²) in [7, 11) is 1.69. The van der Waals surface area contributed by atoms with E-state index < -0.39 is 0 Å². The summed E-state index contributed by atoms with van der Waals surface area (Å²) in [6.45, 7) is 6.74. The molecule has 0 bridgehead atoms. The molecule has 0 aromatic heterocycles. The van der Waals surface area contributed by atoms with Gasteiger partial charge in [0.25, 0.3) is 0 Å². The molecule has 0 fully saturated rings. The summed E-state index contributed by atoms with van der Waals surface area (Å²) in [5.74, 6) is 0.887. The standard InChI is InChI=1S/C15H20BrNO/c1-14(2)9-15(3,10-16)17-13(14)11-5-7-12(18-4)8-6-11/h5-8H,9-10H2,1-4H3. The third-order valence-electron chi connectivity index (χ3n) is 3.50. The van der Waals surface area contributed by atoms with E-state index in [1.54, 1.807) is 7.11 Å². The van der Waals surface area contributed by atoms with Gasteiger partial charge in [0.05, 0.1) is 12.6 Å². The van der Waals surface area contributed by atoms with Gasteiger partial charge >= 0.3 is 0 Å². The number of hydrogen-bond donors (Lipinski definition) is 0. The Balaban J connectivity index is 2.38. The van der Waals surface area contributed by atoms with Crippen LogP contribution in [0, 0.1) is 5.41 Å². The molecule has 1 aromatic carbocycles. The highest BCUT2D eigenvalue weighted by Gasteiger charge is 2.42. The van der Waals surface area contributed by atoms with Crippen molar-refractivity contribution in [2.45, 2.75) is 32.7 Å². The average molecular weight is 310 g/mol. The van der Waals surface area contributed by atoms with Crippen LogP contribution in [0.2, 0.25) is 0 Å². The number of nitrogens with zero attached hydrogens (tertiary/aromatic N) is 1. The number of benzene rings is 1. The lowest BCUT2D eigenvalue weighted by molar-refractivity contribution is 0.398. The van der Waals surface area contributed by atoms with Gasteiger partial charge in [0.2, 0.25) is 0 Å². The second kappa shape index (κ2) is 4.69. The van der Waals surface area contributed by atoms with Crippen LogP contribution in [-0.4, -0.2) is 23.7 Å². The summed E-state index contributed by atoms with van der Waals surface area (Å²) >= 11 is 3.58. The molecule has 98 valence electrons. The van der Waals surface area contributed by atoms with E-state index in [4.69, 9.17) is 9.73 Å². The summed E-state index contributed by atoms with van der Waals surface area (Å²) in [6.07, 6.45) is 1.08. The van der Waals surface area contributed by atoms with Crippen molar-refractivity contribution in [2.24, 2.45) is 10.4 Å². The quantitative estimate of drug-likeness (QED) is 0.771. The molecule has 0 aliphatic carbocycles. The number of ether oxygens (including phenoxy) is 1. The van der Waals surface area contributed by atoms with Gasteiger partial charge in [-0.15, -0.1) is 0 Å². The van der Waals surface area contributed by atoms with E-state index >= 15 is 0 Å². The fourth-order valence-electron chi connectivity index (χ4n) is 2.78. The van der Waals surface area contributed by atoms with Crippen LogP contribution in [-0.2, 0) is 0 Å². The maximum Gasteiger partial charge on any atom is 0.118 e. The highest BCUT2D eigenvalue weighted by molar-refractivity contribution is 9.09. The molecule has 0 saturated carbocycles. The lowest BCUT2D eigenvalue weighted by atomic mass is 9.79. The molecule has 0 saturated heterocycles. The van der Waals surface area contributed by atoms with E-state index in [9.17, 15) is 0 Å². The first-order valence-corrected chi connectivity index (χ1v) is 7.33. The molecule has 2 nitrogen and oxygen atoms in total. The molecule has 0 radical (unpaired) electrons. The molecule has 1 heterocycles. The van der Waals surface area contributed by atoms with E-state index in [-0.39, 0.29) is 11.0 Å². The minimum absolute atomic E-state index is 0.0127. The Labute approximate surface area is 118 Å². The number of hydrogen-bond acceptors (Lipinski definition) is 2. The van der Waals surface area contributed by atoms with Crippen molar-refractivity contribution in [1.82, 2.24) is 0 Å². The fraction of sp³-hybridized carbons (Fsp3) is 0.533. The third-order valence-corrected chi connectivity index (χ3v) is 4.70. The van der Waals surface area contributed by atoms with Gasteiger partial charge < -0.3 is 4.74 Å². The van der Waals surface area contributed by atoms with Crippen LogP contribution in [0.15, 0.2) is 29.3 Å². The van der Waals surface area contributed by atoms with Crippen LogP contribution in [0.3, 0.4) is 0 Å². The molecule has 0 spiro atoms. The van der Waals surface area contributed by atoms with Gasteiger partial charge in [-0.05, 0) is 43.2 Å². The van der Waals surface area contributed by atoms with E-state index in [1.807, 2.05) is 12.1 Å². The van der Waals surface area contributed by atoms with Gasteiger partial charge in [0, 0.05) is 16.5 Å². The van der Waals surface area contributed by atoms with Crippen molar-refractivity contribution in [3.8, 4) is 5.75 Å². The number of rotatable bonds is 3. The van der Waals surface area contributed by atoms with Crippen molar-refractivity contribution in [3.63, 3.8) is 0 Å². The second-order valence-corrected chi connectivity index (χ2v) is 6.44. The minimum Gasteiger partial charge on any atom is -0.497 e. The lowest BCUT2D eigenvalue weighted by Crippen LogP contribution is -2.26. The van der Waals surface area contributed by atoms with Crippen molar-refractivity contribution < 1.29 is 4.74 Å². The molecular weight excluding hydrogens is 290 g/mol. The smallest absolute Gasteiger partial charge is 0.118 e. The molecule has 2 rings (SSSR count). The van der Waals surface area contributed by atoms with Crippen molar-refractivity contribution in [2.75, 3.05) is 12.4 Å². The van der Waals surface area contributed by atoms with Gasteiger partial charge in [0.15, 0.2) is 0 Å². The first-order chi connectivity index (χ1) is 8.40. The van der Waals surface area contributed by atoms with E-state index in [0.717, 1.165) is 17.5 Å². The number of aliphatic imine (C=N–C) groups is 1. The molecule has 1 unspecified atom stereocenters. The molecule has 18 heavy (non-hydrogen) atoms. The molecular formula is C15H20BrNO. The first kappa shape index (κ1) is 13.6. The largest absolute Gasteiger partial charge is 0.497 e. The predicted molar refractivity (Wildman–Crippen MR) is 80.1 cm³/mol. The average Bonchev–Trinajstić information content (AvgIpc) is 2.60. The number of methoxy groups -OCH3 is 1. The predicted octanol–water partition coefficient (Wildman–Crippen LogP) is 4.07. The summed E-state index contributed by atoms with van der Waals surface area (Å²) < 4.78 is 5.20. The fourth-order valence-corrected chi connectivity index (χ4v) is 3.10. The SMILES string of the molecule is COc1ccc(C2=NC(C)(CBr)CC2(C)C)cc1. The summed E-state index contributed by atoms with van der Waals surface area (Å²) in [5, 5.41) is 0.906. The molecule has 0 amide bonds. The molecule has 3 heteroatoms. The van der Waals surface area contributed by atoms with Gasteiger partial charge in [0.1, 0.15) is 5.75 Å². The summed E-state index contributed by atoms with van der Waals surface area (Å²) in [6, 6.07) is 8.19. The monoisotopic (exact) mass is 309 g/mol. The summed E-state index contributed by atoms with van der Waals surface area (Å²) in [4.78, 5) is 4.95. The molecule has 1 aliphatic heterocycles. The zero-order valence-corrected chi connectivity index (χ0v) is 13.0. The van der Waals surface area contributed by atoms with Gasteiger partial charge in [-0.2, -0.15) is 0 Å². The van der Waals surface area contributed by atoms with Crippen molar-refractivity contribution in [3.05, 3.63) is 29.8 Å². The lowest BCUT2D eigenvalue weighted by Gasteiger charge is -2.24. The Kier molecular flexibility index (Phi) is 3.54. The Hall–Kier alpha value is -0.830. The maximum atomic E-state index is 5.20. The van der Waals surface area contributed by atoms with Gasteiger partial charge in [-0.1, -0.05) is 29.8 Å². The third kappa shape index (κ3) is 2.46. The first-order valence-electron chi connectivity index (χ1n) is 6.21. The highest BCUT2D eigenvalue weighted by Crippen LogP contribution is 2.42. The normalized spacial score (nSPS) is 25.9. The Morgan fingerprint density at radius 1 is 1.22 bits per heavy atom. The van der Waals surface area contributed by atoms with E-state index in [1.165, 1.54) is 11.3 Å². The summed E-state index contributed by atoms with van der Waals surface area (Å²) in [5.41, 5.74) is 2.54. The van der Waals surface area contributed by atoms with Crippen LogP contribution in [0.4, 0.5) is 0 Å². The highest BCUT2D eigenvalue weighted by atomic mass is 79.9. The zero-order chi connectivity index (χ0) is 13.4. The Bertz CT molecular complexity index is 464. The number of halogens is 1. The number of alkyl halides is 1. The van der Waals surface area contributed by atoms with E-state index in [0.29, 0.717) is 0 Å². The van der Waals surface area contributed by atoms with Crippen molar-refractivity contribution >= 4 is 21.6 Å². The second-order valence-electron chi connectivity index (χ2n) is 5.88. The zero-order valence-electron chi connectivity index (χ0n) is 11.5. The molecule has 0 N–H and O–H groups in total. The van der Waals surface area contributed by atoms with E-state index in [2.05, 4.69) is 48.8 Å². The maximum absolute atomic E-state index is 5.20. The molecule has 1 aromatic rings. The Morgan fingerprint density at radius 2 is 1.83 bits per heavy atom. The van der Waals surface area contributed by atoms with Crippen LogP contribution in [0.25, 0.3) is 0 Å². The van der Waals surface area contributed by atoms with Crippen LogP contribution in [0.5, 0.6) is 5.75 Å². The minimum atomic E-state index is 0.0127.